The van der Waals surface area contributed by atoms with E-state index in [1.54, 1.807) is 0 Å². The second-order valence-electron chi connectivity index (χ2n) is 0.447. The van der Waals surface area contributed by atoms with E-state index < -0.39 is 7.82 Å². The maximum absolute atomic E-state index is 8.55. The Bertz CT molecular complexity index is 57.8. The molecule has 0 heterocycles. The van der Waals surface area contributed by atoms with Crippen molar-refractivity contribution in [2.24, 2.45) is 0 Å². The molecule has 0 aliphatic rings. The first-order chi connectivity index (χ1) is 2.00. The monoisotopic (exact) mass is 221 g/mol. The zero-order valence-electron chi connectivity index (χ0n) is 3.29. The number of rotatable bonds is 0. The van der Waals surface area contributed by atoms with Gasteiger partial charge in [-0.2, -0.15) is 7.82 Å². The van der Waals surface area contributed by atoms with Crippen molar-refractivity contribution in [3.63, 3.8) is 0 Å². The van der Waals surface area contributed by atoms with E-state index in [0.717, 1.165) is 0 Å². The summed E-state index contributed by atoms with van der Waals surface area (Å²) in [4.78, 5) is 25.6. The normalized spacial score (nSPS) is 8.43. The molecule has 7 heteroatoms. The Morgan fingerprint density at radius 1 is 1.14 bits per heavy atom. The molecule has 0 radical (unpaired) electrons. The fourth-order valence-electron chi connectivity index (χ4n) is 0. The van der Waals surface area contributed by atoms with Gasteiger partial charge in [-0.25, -0.2) is 0 Å². The van der Waals surface area contributed by atoms with Crippen LogP contribution in [0.4, 0.5) is 0 Å². The molecule has 0 saturated carbocycles. The van der Waals surface area contributed by atoms with Crippen molar-refractivity contribution < 1.29 is 41.0 Å². The molecule has 0 N–H and O–H groups in total. The van der Waals surface area contributed by atoms with Gasteiger partial charge in [0.2, 0.25) is 0 Å². The minimum absolute atomic E-state index is 0. The van der Waals surface area contributed by atoms with Crippen LogP contribution in [-0.2, 0) is 26.3 Å². The van der Waals surface area contributed by atoms with Gasteiger partial charge in [0.1, 0.15) is 0 Å². The third-order valence-corrected chi connectivity index (χ3v) is 0. The first-order valence-corrected chi connectivity index (χ1v) is 2.19. The Morgan fingerprint density at radius 2 is 1.14 bits per heavy atom. The molecule has 0 aromatic carbocycles. The van der Waals surface area contributed by atoms with E-state index in [1.165, 1.54) is 0 Å². The van der Waals surface area contributed by atoms with Crippen molar-refractivity contribution in [2.45, 2.75) is 0 Å². The minimum Gasteiger partial charge on any atom is 4.00 e. The van der Waals surface area contributed by atoms with E-state index in [0.29, 0.717) is 0 Å². The van der Waals surface area contributed by atoms with Gasteiger partial charge in [0, 0.05) is 0 Å². The smallest absolute Gasteiger partial charge is 4.00 e. The summed E-state index contributed by atoms with van der Waals surface area (Å²) in [5, 5.41) is 0. The van der Waals surface area contributed by atoms with Crippen LogP contribution in [0.3, 0.4) is 0 Å². The zero-order chi connectivity index (χ0) is 4.50. The molecule has 0 amide bonds. The summed E-state index contributed by atoms with van der Waals surface area (Å²) >= 11 is 0. The Hall–Kier alpha value is 1.38. The van der Waals surface area contributed by atoms with Crippen LogP contribution in [0, 0.1) is 0 Å². The number of hydrogen-bond acceptors (Lipinski definition) is 4. The Labute approximate surface area is 66.7 Å². The van der Waals surface area contributed by atoms with Gasteiger partial charge < -0.3 is 19.2 Å². The topological polar surface area (TPSA) is 86.2 Å². The van der Waals surface area contributed by atoms with Gasteiger partial charge in [0.05, 0.1) is 0 Å². The molecular weight excluding hydrogens is 218 g/mol. The average Bonchev–Trinajstić information content (AvgIpc) is 0.722. The quantitative estimate of drug-likeness (QED) is 0.308. The molecule has 0 aromatic heterocycles. The van der Waals surface area contributed by atoms with Crippen LogP contribution < -0.4 is 14.7 Å². The molecule has 0 rings (SSSR count). The van der Waals surface area contributed by atoms with E-state index in [-0.39, 0.29) is 39.7 Å². The van der Waals surface area contributed by atoms with Gasteiger partial charge in [0.15, 0.2) is 0 Å². The molecule has 0 aromatic rings. The third-order valence-electron chi connectivity index (χ3n) is 0. The summed E-state index contributed by atoms with van der Waals surface area (Å²) in [5.41, 5.74) is 0. The van der Waals surface area contributed by atoms with Gasteiger partial charge in [0.25, 0.3) is 0 Å². The third kappa shape index (κ3) is 112. The fourth-order valence-corrected chi connectivity index (χ4v) is 0. The second kappa shape index (κ2) is 5.52. The fraction of sp³-hybridized carbons (Fsp3) is 0. The molecule has 0 aliphatic carbocycles. The van der Waals surface area contributed by atoms with Crippen molar-refractivity contribution in [2.75, 3.05) is 0 Å². The summed E-state index contributed by atoms with van der Waals surface area (Å²) in [6, 6.07) is 0. The summed E-state index contributed by atoms with van der Waals surface area (Å²) in [7, 11) is -5.39. The molecule has 0 aliphatic heterocycles. The summed E-state index contributed by atoms with van der Waals surface area (Å²) in [6.45, 7) is 0. The van der Waals surface area contributed by atoms with E-state index in [2.05, 4.69) is 0 Å². The summed E-state index contributed by atoms with van der Waals surface area (Å²) in [5.74, 6) is 0. The Balaban J connectivity index is -0.0000000800. The first-order valence-electron chi connectivity index (χ1n) is 0.730. The maximum Gasteiger partial charge on any atom is 4.00 e. The van der Waals surface area contributed by atoms with Crippen LogP contribution in [-0.4, -0.2) is 18.0 Å². The van der Waals surface area contributed by atoms with Crippen LogP contribution >= 0.6 is 7.82 Å². The minimum atomic E-state index is -5.39. The van der Waals surface area contributed by atoms with Crippen LogP contribution in [0.1, 0.15) is 0 Å². The molecule has 7 heavy (non-hydrogen) atoms. The first kappa shape index (κ1) is 15.8. The standard InChI is InChI=1S/AsH3.H3O4P.Ti/c;1-5(2,3)4;/h1H3;(H3,1,2,3,4);/q;;+4/p-3. The molecular formula is H3AsO4PTi+. The van der Waals surface area contributed by atoms with Gasteiger partial charge in [-0.1, -0.05) is 0 Å². The van der Waals surface area contributed by atoms with Crippen molar-refractivity contribution in [3.05, 3.63) is 0 Å². The molecule has 1 unspecified atom stereocenters. The Morgan fingerprint density at radius 3 is 1.14 bits per heavy atom. The van der Waals surface area contributed by atoms with E-state index >= 15 is 0 Å². The molecule has 0 spiro atoms. The predicted molar refractivity (Wildman–Crippen MR) is 17.5 cm³/mol. The van der Waals surface area contributed by atoms with Gasteiger partial charge >= 0.3 is 39.7 Å². The molecule has 0 saturated heterocycles. The largest absolute Gasteiger partial charge is 4.00 e. The van der Waals surface area contributed by atoms with Crippen molar-refractivity contribution in [1.82, 2.24) is 0 Å². The van der Waals surface area contributed by atoms with Crippen LogP contribution in [0.25, 0.3) is 0 Å². The van der Waals surface area contributed by atoms with Crippen LogP contribution in [0.5, 0.6) is 0 Å². The SMILES string of the molecule is O=P([O-])([O-])[O-].[AsH3].[Ti+4]. The van der Waals surface area contributed by atoms with E-state index in [1.807, 2.05) is 0 Å². The second-order valence-corrected chi connectivity index (χ2v) is 1.34. The van der Waals surface area contributed by atoms with Crippen molar-refractivity contribution in [3.8, 4) is 0 Å². The zero-order valence-corrected chi connectivity index (χ0v) is 8.71. The number of phosphoric acid groups is 1. The summed E-state index contributed by atoms with van der Waals surface area (Å²) in [6.07, 6.45) is 0. The number of hydrogen-bond donors (Lipinski definition) is 0. The molecule has 1 atom stereocenters. The average molecular weight is 221 g/mol. The van der Waals surface area contributed by atoms with Crippen LogP contribution in [0.15, 0.2) is 0 Å². The van der Waals surface area contributed by atoms with E-state index in [4.69, 9.17) is 19.2 Å². The molecule has 0 bridgehead atoms. The molecule has 40 valence electrons. The summed E-state index contributed by atoms with van der Waals surface area (Å²) < 4.78 is 8.55. The van der Waals surface area contributed by atoms with Gasteiger partial charge in [-0.3, -0.25) is 0 Å². The van der Waals surface area contributed by atoms with Gasteiger partial charge in [-0.15, -0.1) is 0 Å². The van der Waals surface area contributed by atoms with Crippen molar-refractivity contribution >= 4 is 25.8 Å². The molecule has 0 fully saturated rings. The van der Waals surface area contributed by atoms with Crippen molar-refractivity contribution in [1.29, 1.82) is 0 Å². The van der Waals surface area contributed by atoms with Gasteiger partial charge in [-0.05, 0) is 0 Å². The van der Waals surface area contributed by atoms with Crippen LogP contribution in [0.2, 0.25) is 0 Å². The predicted octanol–water partition coefficient (Wildman–Crippen LogP) is -4.01. The Kier molecular flexibility index (Phi) is 12.4. The molecule has 4 nitrogen and oxygen atoms in total. The maximum atomic E-state index is 8.55. The van der Waals surface area contributed by atoms with E-state index in [9.17, 15) is 0 Å².